The van der Waals surface area contributed by atoms with Gasteiger partial charge in [-0.2, -0.15) is 5.10 Å². The van der Waals surface area contributed by atoms with Crippen molar-refractivity contribution in [2.75, 3.05) is 4.72 Å². The van der Waals surface area contributed by atoms with Gasteiger partial charge in [-0.15, -0.1) is 0 Å². The Morgan fingerprint density at radius 3 is 2.50 bits per heavy atom. The van der Waals surface area contributed by atoms with Crippen molar-refractivity contribution in [1.29, 1.82) is 0 Å². The van der Waals surface area contributed by atoms with E-state index in [1.54, 1.807) is 34.7 Å². The molecule has 2 heterocycles. The smallest absolute Gasteiger partial charge is 0.291 e. The lowest BCUT2D eigenvalue weighted by Crippen LogP contribution is -2.26. The van der Waals surface area contributed by atoms with Crippen LogP contribution in [0.15, 0.2) is 52.3 Å². The number of rotatable bonds is 5. The van der Waals surface area contributed by atoms with E-state index >= 15 is 0 Å². The van der Waals surface area contributed by atoms with Crippen LogP contribution >= 0.6 is 0 Å². The minimum absolute atomic E-state index is 0.0359. The quantitative estimate of drug-likeness (QED) is 0.764. The Kier molecular flexibility index (Phi) is 4.15. The summed E-state index contributed by atoms with van der Waals surface area (Å²) in [5.41, 5.74) is 0.459. The van der Waals surface area contributed by atoms with Crippen molar-refractivity contribution in [3.8, 4) is 0 Å². The van der Waals surface area contributed by atoms with Gasteiger partial charge in [-0.3, -0.25) is 13.9 Å². The molecule has 3 rings (SSSR count). The van der Waals surface area contributed by atoms with Crippen molar-refractivity contribution >= 4 is 21.2 Å². The van der Waals surface area contributed by atoms with Gasteiger partial charge in [-0.1, -0.05) is 25.1 Å². The highest BCUT2D eigenvalue weighted by Gasteiger charge is 2.19. The molecule has 1 aromatic carbocycles. The van der Waals surface area contributed by atoms with Crippen molar-refractivity contribution in [1.82, 2.24) is 14.2 Å². The molecule has 0 atom stereocenters. The molecule has 0 aliphatic carbocycles. The summed E-state index contributed by atoms with van der Waals surface area (Å²) < 4.78 is 30.6. The lowest BCUT2D eigenvalue weighted by molar-refractivity contribution is 0.583. The highest BCUT2D eigenvalue weighted by Crippen LogP contribution is 2.18. The van der Waals surface area contributed by atoms with Crippen LogP contribution in [0.2, 0.25) is 0 Å². The number of anilines is 1. The number of benzene rings is 1. The number of aryl methyl sites for hydroxylation is 2. The van der Waals surface area contributed by atoms with E-state index in [-0.39, 0.29) is 10.5 Å². The largest absolute Gasteiger partial charge is 0.297 e. The number of hydrogen-bond acceptors (Lipinski definition) is 4. The van der Waals surface area contributed by atoms with Gasteiger partial charge < -0.3 is 0 Å². The van der Waals surface area contributed by atoms with Gasteiger partial charge in [-0.25, -0.2) is 13.1 Å². The number of nitrogens with zero attached hydrogens (tertiary/aromatic N) is 3. The molecule has 0 saturated heterocycles. The first-order chi connectivity index (χ1) is 11.5. The van der Waals surface area contributed by atoms with E-state index in [1.807, 2.05) is 13.8 Å². The van der Waals surface area contributed by atoms with Crippen molar-refractivity contribution in [2.45, 2.75) is 31.7 Å². The van der Waals surface area contributed by atoms with Crippen LogP contribution in [0.25, 0.3) is 5.52 Å². The Bertz CT molecular complexity index is 1040. The Balaban J connectivity index is 2.14. The summed E-state index contributed by atoms with van der Waals surface area (Å²) in [5, 5.41) is 4.27. The summed E-state index contributed by atoms with van der Waals surface area (Å²) in [6.07, 6.45) is 2.02. The average Bonchev–Trinajstić information content (AvgIpc) is 3.03. The molecule has 8 heteroatoms. The molecule has 0 saturated carbocycles. The molecule has 24 heavy (non-hydrogen) atoms. The Labute approximate surface area is 139 Å². The van der Waals surface area contributed by atoms with Crippen LogP contribution in [-0.4, -0.2) is 22.6 Å². The maximum Gasteiger partial charge on any atom is 0.291 e. The van der Waals surface area contributed by atoms with Gasteiger partial charge in [0.05, 0.1) is 0 Å². The summed E-state index contributed by atoms with van der Waals surface area (Å²) >= 11 is 0. The number of aromatic nitrogens is 3. The van der Waals surface area contributed by atoms with Crippen molar-refractivity contribution in [3.05, 3.63) is 58.8 Å². The van der Waals surface area contributed by atoms with E-state index in [2.05, 4.69) is 9.82 Å². The number of fused-ring (bicyclic) bond motifs is 1. The standard InChI is InChI=1S/C16H18N4O3S/c1-3-15-17-20(4-2)16(21)14-10-13(11-19(14)15)24(22,23)18-12-8-6-5-7-9-12/h5-11,18H,3-4H2,1-2H3. The molecule has 2 aromatic heterocycles. The lowest BCUT2D eigenvalue weighted by Gasteiger charge is -2.06. The van der Waals surface area contributed by atoms with E-state index in [1.165, 1.54) is 16.9 Å². The van der Waals surface area contributed by atoms with E-state index < -0.39 is 10.0 Å². The second-order valence-corrected chi connectivity index (χ2v) is 6.98. The normalized spacial score (nSPS) is 11.8. The molecular formula is C16H18N4O3S. The molecule has 1 N–H and O–H groups in total. The fraction of sp³-hybridized carbons (Fsp3) is 0.250. The minimum Gasteiger partial charge on any atom is -0.297 e. The zero-order valence-corrected chi connectivity index (χ0v) is 14.2. The second kappa shape index (κ2) is 6.12. The summed E-state index contributed by atoms with van der Waals surface area (Å²) in [6.45, 7) is 4.16. The second-order valence-electron chi connectivity index (χ2n) is 5.29. The SMILES string of the molecule is CCc1nn(CC)c(=O)c2cc(S(=O)(=O)Nc3ccccc3)cn12. The number of hydrogen-bond donors (Lipinski definition) is 1. The number of para-hydroxylation sites is 1. The van der Waals surface area contributed by atoms with Gasteiger partial charge in [0.1, 0.15) is 16.2 Å². The van der Waals surface area contributed by atoms with Crippen LogP contribution in [0.3, 0.4) is 0 Å². The van der Waals surface area contributed by atoms with Gasteiger partial charge in [0.25, 0.3) is 15.6 Å². The third-order valence-electron chi connectivity index (χ3n) is 3.71. The molecule has 0 unspecified atom stereocenters. The van der Waals surface area contributed by atoms with Crippen molar-refractivity contribution in [3.63, 3.8) is 0 Å². The maximum absolute atomic E-state index is 12.6. The predicted molar refractivity (Wildman–Crippen MR) is 91.8 cm³/mol. The van der Waals surface area contributed by atoms with E-state index in [0.29, 0.717) is 30.0 Å². The molecule has 7 nitrogen and oxygen atoms in total. The van der Waals surface area contributed by atoms with E-state index in [9.17, 15) is 13.2 Å². The highest BCUT2D eigenvalue weighted by atomic mass is 32.2. The molecule has 0 aliphatic heterocycles. The first-order valence-corrected chi connectivity index (χ1v) is 9.14. The molecule has 126 valence electrons. The van der Waals surface area contributed by atoms with E-state index in [0.717, 1.165) is 0 Å². The monoisotopic (exact) mass is 346 g/mol. The maximum atomic E-state index is 12.6. The molecular weight excluding hydrogens is 328 g/mol. The summed E-state index contributed by atoms with van der Waals surface area (Å²) in [4.78, 5) is 12.4. The van der Waals surface area contributed by atoms with Gasteiger partial charge in [0.2, 0.25) is 0 Å². The Hall–Kier alpha value is -2.61. The predicted octanol–water partition coefficient (Wildman–Crippen LogP) is 1.88. The van der Waals surface area contributed by atoms with Gasteiger partial charge >= 0.3 is 0 Å². The first-order valence-electron chi connectivity index (χ1n) is 7.66. The zero-order chi connectivity index (χ0) is 17.3. The van der Waals surface area contributed by atoms with Crippen LogP contribution < -0.4 is 10.3 Å². The van der Waals surface area contributed by atoms with Gasteiger partial charge in [0.15, 0.2) is 0 Å². The van der Waals surface area contributed by atoms with Gasteiger partial charge in [-0.05, 0) is 25.1 Å². The topological polar surface area (TPSA) is 85.5 Å². The fourth-order valence-electron chi connectivity index (χ4n) is 2.50. The molecule has 0 amide bonds. The molecule has 3 aromatic rings. The van der Waals surface area contributed by atoms with Crippen molar-refractivity contribution in [2.24, 2.45) is 0 Å². The Morgan fingerprint density at radius 2 is 1.88 bits per heavy atom. The van der Waals surface area contributed by atoms with Crippen LogP contribution in [0.4, 0.5) is 5.69 Å². The van der Waals surface area contributed by atoms with E-state index in [4.69, 9.17) is 0 Å². The number of sulfonamides is 1. The van der Waals surface area contributed by atoms with Crippen LogP contribution in [-0.2, 0) is 23.0 Å². The molecule has 0 aliphatic rings. The Morgan fingerprint density at radius 1 is 1.17 bits per heavy atom. The summed E-state index contributed by atoms with van der Waals surface area (Å²) in [7, 11) is -3.78. The zero-order valence-electron chi connectivity index (χ0n) is 13.4. The first kappa shape index (κ1) is 16.3. The van der Waals surface area contributed by atoms with Crippen molar-refractivity contribution < 1.29 is 8.42 Å². The molecule has 0 bridgehead atoms. The molecule has 0 fully saturated rings. The molecule has 0 spiro atoms. The highest BCUT2D eigenvalue weighted by molar-refractivity contribution is 7.92. The van der Waals surface area contributed by atoms with Crippen LogP contribution in [0.1, 0.15) is 19.7 Å². The lowest BCUT2D eigenvalue weighted by atomic mass is 10.3. The third-order valence-corrected chi connectivity index (χ3v) is 5.06. The third kappa shape index (κ3) is 2.80. The van der Waals surface area contributed by atoms with Crippen LogP contribution in [0, 0.1) is 0 Å². The summed E-state index contributed by atoms with van der Waals surface area (Å²) in [6, 6.07) is 10.0. The van der Waals surface area contributed by atoms with Gasteiger partial charge in [0, 0.05) is 24.8 Å². The molecule has 0 radical (unpaired) electrons. The number of nitrogens with one attached hydrogen (secondary N) is 1. The average molecular weight is 346 g/mol. The minimum atomic E-state index is -3.78. The van der Waals surface area contributed by atoms with Crippen LogP contribution in [0.5, 0.6) is 0 Å². The fourth-order valence-corrected chi connectivity index (χ4v) is 3.58. The summed E-state index contributed by atoms with van der Waals surface area (Å²) in [5.74, 6) is 0.632.